The summed E-state index contributed by atoms with van der Waals surface area (Å²) in [5.74, 6) is 1.75. The first-order valence-corrected chi connectivity index (χ1v) is 7.86. The van der Waals surface area contributed by atoms with E-state index < -0.39 is 4.92 Å². The number of nitro groups is 1. The number of para-hydroxylation sites is 2. The molecule has 0 fully saturated rings. The van der Waals surface area contributed by atoms with Crippen LogP contribution in [0.2, 0.25) is 0 Å². The predicted molar refractivity (Wildman–Crippen MR) is 98.4 cm³/mol. The zero-order valence-corrected chi connectivity index (χ0v) is 14.3. The lowest BCUT2D eigenvalue weighted by atomic mass is 10.2. The maximum Gasteiger partial charge on any atom is 0.292 e. The van der Waals surface area contributed by atoms with Crippen molar-refractivity contribution >= 4 is 17.1 Å². The largest absolute Gasteiger partial charge is 0.496 e. The van der Waals surface area contributed by atoms with E-state index in [9.17, 15) is 10.1 Å². The highest BCUT2D eigenvalue weighted by atomic mass is 16.6. The van der Waals surface area contributed by atoms with E-state index in [4.69, 9.17) is 9.47 Å². The molecule has 3 rings (SSSR count). The SMILES string of the molecule is COc1cc(Oc2ccc(Nc3ccccc3[N+](=O)[O-])cn2)ccc1C. The van der Waals surface area contributed by atoms with Gasteiger partial charge in [0.2, 0.25) is 5.88 Å². The summed E-state index contributed by atoms with van der Waals surface area (Å²) in [6, 6.07) is 15.4. The van der Waals surface area contributed by atoms with Crippen LogP contribution in [0.3, 0.4) is 0 Å². The van der Waals surface area contributed by atoms with E-state index in [2.05, 4.69) is 10.3 Å². The van der Waals surface area contributed by atoms with Gasteiger partial charge in [0.05, 0.1) is 23.9 Å². The second-order valence-electron chi connectivity index (χ2n) is 5.52. The van der Waals surface area contributed by atoms with E-state index in [1.165, 1.54) is 6.07 Å². The number of rotatable bonds is 6. The van der Waals surface area contributed by atoms with Crippen molar-refractivity contribution in [3.63, 3.8) is 0 Å². The minimum Gasteiger partial charge on any atom is -0.496 e. The molecule has 0 bridgehead atoms. The Bertz CT molecular complexity index is 926. The fourth-order valence-corrected chi connectivity index (χ4v) is 2.39. The monoisotopic (exact) mass is 351 g/mol. The highest BCUT2D eigenvalue weighted by Gasteiger charge is 2.12. The average Bonchev–Trinajstić information content (AvgIpc) is 2.65. The van der Waals surface area contributed by atoms with Crippen molar-refractivity contribution in [1.82, 2.24) is 4.98 Å². The molecule has 0 amide bonds. The Kier molecular flexibility index (Phi) is 4.98. The minimum absolute atomic E-state index is 0.000392. The van der Waals surface area contributed by atoms with Crippen LogP contribution in [0.15, 0.2) is 60.8 Å². The summed E-state index contributed by atoms with van der Waals surface area (Å²) in [6.45, 7) is 1.95. The summed E-state index contributed by atoms with van der Waals surface area (Å²) < 4.78 is 11.0. The van der Waals surface area contributed by atoms with Crippen LogP contribution in [0.1, 0.15) is 5.56 Å². The third kappa shape index (κ3) is 3.89. The maximum atomic E-state index is 11.1. The normalized spacial score (nSPS) is 10.2. The molecule has 0 aliphatic carbocycles. The Morgan fingerprint density at radius 1 is 1.12 bits per heavy atom. The number of aryl methyl sites for hydroxylation is 1. The number of nitro benzene ring substituents is 1. The van der Waals surface area contributed by atoms with Crippen LogP contribution >= 0.6 is 0 Å². The van der Waals surface area contributed by atoms with Crippen molar-refractivity contribution in [1.29, 1.82) is 0 Å². The lowest BCUT2D eigenvalue weighted by Crippen LogP contribution is -1.97. The molecule has 0 atom stereocenters. The third-order valence-electron chi connectivity index (χ3n) is 3.72. The molecule has 0 unspecified atom stereocenters. The van der Waals surface area contributed by atoms with Crippen LogP contribution in [-0.2, 0) is 0 Å². The molecule has 7 heteroatoms. The van der Waals surface area contributed by atoms with Gasteiger partial charge in [-0.25, -0.2) is 4.98 Å². The Balaban J connectivity index is 1.74. The first-order chi connectivity index (χ1) is 12.6. The first kappa shape index (κ1) is 17.2. The van der Waals surface area contributed by atoms with Crippen molar-refractivity contribution in [2.24, 2.45) is 0 Å². The molecule has 1 N–H and O–H groups in total. The van der Waals surface area contributed by atoms with Crippen molar-refractivity contribution < 1.29 is 14.4 Å². The molecule has 1 aromatic heterocycles. The molecular formula is C19H17N3O4. The minimum atomic E-state index is -0.433. The van der Waals surface area contributed by atoms with Crippen LogP contribution in [0.4, 0.5) is 17.1 Å². The van der Waals surface area contributed by atoms with Gasteiger partial charge in [-0.15, -0.1) is 0 Å². The van der Waals surface area contributed by atoms with Gasteiger partial charge in [-0.1, -0.05) is 18.2 Å². The summed E-state index contributed by atoms with van der Waals surface area (Å²) in [5, 5.41) is 14.1. The van der Waals surface area contributed by atoms with Crippen molar-refractivity contribution in [2.45, 2.75) is 6.92 Å². The standard InChI is InChI=1S/C19H17N3O4/c1-13-7-9-15(11-18(13)25-2)26-19-10-8-14(12-20-19)21-16-5-3-4-6-17(16)22(23)24/h3-12,21H,1-2H3. The molecular weight excluding hydrogens is 334 g/mol. The number of aromatic nitrogens is 1. The van der Waals surface area contributed by atoms with Gasteiger partial charge in [-0.2, -0.15) is 0 Å². The molecule has 2 aromatic carbocycles. The molecule has 0 saturated heterocycles. The van der Waals surface area contributed by atoms with Gasteiger partial charge in [-0.05, 0) is 30.7 Å². The van der Waals surface area contributed by atoms with Gasteiger partial charge in [0.15, 0.2) is 0 Å². The molecule has 0 aliphatic heterocycles. The molecule has 3 aromatic rings. The Hall–Kier alpha value is -3.61. The van der Waals surface area contributed by atoms with E-state index in [0.717, 1.165) is 11.3 Å². The maximum absolute atomic E-state index is 11.1. The molecule has 7 nitrogen and oxygen atoms in total. The quantitative estimate of drug-likeness (QED) is 0.505. The van der Waals surface area contributed by atoms with Crippen LogP contribution < -0.4 is 14.8 Å². The summed E-state index contributed by atoms with van der Waals surface area (Å²) >= 11 is 0. The fraction of sp³-hybridized carbons (Fsp3) is 0.105. The number of methoxy groups -OCH3 is 1. The number of hydrogen-bond donors (Lipinski definition) is 1. The van der Waals surface area contributed by atoms with Gasteiger partial charge < -0.3 is 14.8 Å². The predicted octanol–water partition coefficient (Wildman–Crippen LogP) is 4.84. The Morgan fingerprint density at radius 3 is 2.62 bits per heavy atom. The van der Waals surface area contributed by atoms with Crippen molar-refractivity contribution in [2.75, 3.05) is 12.4 Å². The zero-order valence-electron chi connectivity index (χ0n) is 14.3. The third-order valence-corrected chi connectivity index (χ3v) is 3.72. The number of hydrogen-bond acceptors (Lipinski definition) is 6. The molecule has 0 saturated carbocycles. The number of nitrogens with zero attached hydrogens (tertiary/aromatic N) is 2. The molecule has 26 heavy (non-hydrogen) atoms. The highest BCUT2D eigenvalue weighted by Crippen LogP contribution is 2.29. The van der Waals surface area contributed by atoms with Gasteiger partial charge in [0, 0.05) is 18.2 Å². The van der Waals surface area contributed by atoms with Crippen LogP contribution in [0.5, 0.6) is 17.4 Å². The summed E-state index contributed by atoms with van der Waals surface area (Å²) in [5.41, 5.74) is 2.03. The van der Waals surface area contributed by atoms with E-state index in [1.807, 2.05) is 19.1 Å². The van der Waals surface area contributed by atoms with Gasteiger partial charge >= 0.3 is 0 Å². The number of nitrogens with one attached hydrogen (secondary N) is 1. The average molecular weight is 351 g/mol. The molecule has 132 valence electrons. The van der Waals surface area contributed by atoms with Gasteiger partial charge in [0.1, 0.15) is 17.2 Å². The zero-order chi connectivity index (χ0) is 18.5. The second-order valence-corrected chi connectivity index (χ2v) is 5.52. The van der Waals surface area contributed by atoms with Crippen molar-refractivity contribution in [3.8, 4) is 17.4 Å². The summed E-state index contributed by atoms with van der Waals surface area (Å²) in [7, 11) is 1.60. The Morgan fingerprint density at radius 2 is 1.92 bits per heavy atom. The number of anilines is 2. The first-order valence-electron chi connectivity index (χ1n) is 7.86. The molecule has 0 aliphatic rings. The summed E-state index contributed by atoms with van der Waals surface area (Å²) in [6.07, 6.45) is 1.55. The Labute approximate surface area is 150 Å². The number of benzene rings is 2. The van der Waals surface area contributed by atoms with Crippen LogP contribution in [-0.4, -0.2) is 17.0 Å². The summed E-state index contributed by atoms with van der Waals surface area (Å²) in [4.78, 5) is 14.9. The smallest absolute Gasteiger partial charge is 0.292 e. The lowest BCUT2D eigenvalue weighted by molar-refractivity contribution is -0.383. The molecule has 1 heterocycles. The van der Waals surface area contributed by atoms with E-state index in [-0.39, 0.29) is 5.69 Å². The van der Waals surface area contributed by atoms with Crippen LogP contribution in [0.25, 0.3) is 0 Å². The topological polar surface area (TPSA) is 86.5 Å². The molecule has 0 radical (unpaired) electrons. The lowest BCUT2D eigenvalue weighted by Gasteiger charge is -2.10. The van der Waals surface area contributed by atoms with E-state index in [0.29, 0.717) is 23.0 Å². The van der Waals surface area contributed by atoms with Gasteiger partial charge in [-0.3, -0.25) is 10.1 Å². The fourth-order valence-electron chi connectivity index (χ4n) is 2.39. The molecule has 0 spiro atoms. The highest BCUT2D eigenvalue weighted by molar-refractivity contribution is 5.68. The van der Waals surface area contributed by atoms with E-state index in [1.54, 1.807) is 49.7 Å². The van der Waals surface area contributed by atoms with Gasteiger partial charge in [0.25, 0.3) is 5.69 Å². The van der Waals surface area contributed by atoms with E-state index >= 15 is 0 Å². The van der Waals surface area contributed by atoms with Crippen molar-refractivity contribution in [3.05, 3.63) is 76.5 Å². The second kappa shape index (κ2) is 7.52. The number of ether oxygens (including phenoxy) is 2. The number of pyridine rings is 1. The van der Waals surface area contributed by atoms with Crippen LogP contribution in [0, 0.1) is 17.0 Å².